The van der Waals surface area contributed by atoms with Crippen molar-refractivity contribution in [3.63, 3.8) is 0 Å². The van der Waals surface area contributed by atoms with Crippen molar-refractivity contribution in [2.75, 3.05) is 19.6 Å². The van der Waals surface area contributed by atoms with E-state index in [1.165, 1.54) is 21.2 Å². The number of nitrogens with zero attached hydrogens (tertiary/aromatic N) is 2. The number of carbonyl (C=O) groups excluding carboxylic acids is 1. The number of fused-ring (bicyclic) bond motifs is 1. The van der Waals surface area contributed by atoms with E-state index in [2.05, 4.69) is 6.58 Å². The third-order valence-electron chi connectivity index (χ3n) is 4.67. The molecule has 0 radical (unpaired) electrons. The quantitative estimate of drug-likeness (QED) is 0.692. The van der Waals surface area contributed by atoms with Gasteiger partial charge in [-0.15, -0.1) is 11.3 Å². The van der Waals surface area contributed by atoms with Gasteiger partial charge in [0.1, 0.15) is 9.77 Å². The van der Waals surface area contributed by atoms with Crippen molar-refractivity contribution in [3.8, 4) is 0 Å². The molecule has 1 aliphatic rings. The van der Waals surface area contributed by atoms with E-state index in [0.717, 1.165) is 11.1 Å². The van der Waals surface area contributed by atoms with Gasteiger partial charge in [-0.1, -0.05) is 36.4 Å². The van der Waals surface area contributed by atoms with Crippen LogP contribution in [-0.4, -0.2) is 43.2 Å². The average molecular weight is 405 g/mol. The maximum Gasteiger partial charge on any atom is 0.265 e. The van der Waals surface area contributed by atoms with Gasteiger partial charge in [-0.25, -0.2) is 8.42 Å². The highest BCUT2D eigenvalue weighted by atomic mass is 32.2. The summed E-state index contributed by atoms with van der Waals surface area (Å²) in [7, 11) is -3.73. The van der Waals surface area contributed by atoms with Crippen molar-refractivity contribution in [3.05, 3.63) is 63.9 Å². The maximum atomic E-state index is 13.3. The molecule has 3 rings (SSSR count). The maximum absolute atomic E-state index is 13.3. The highest BCUT2D eigenvalue weighted by Crippen LogP contribution is 2.30. The molecule has 0 unspecified atom stereocenters. The molecule has 1 aliphatic heterocycles. The molecule has 0 fully saturated rings. The second kappa shape index (κ2) is 7.96. The zero-order valence-corrected chi connectivity index (χ0v) is 17.3. The van der Waals surface area contributed by atoms with E-state index in [1.54, 1.807) is 16.3 Å². The number of sulfonamides is 1. The summed E-state index contributed by atoms with van der Waals surface area (Å²) in [6.45, 7) is 9.27. The molecule has 0 spiro atoms. The van der Waals surface area contributed by atoms with Crippen molar-refractivity contribution >= 4 is 27.3 Å². The van der Waals surface area contributed by atoms with Crippen molar-refractivity contribution in [2.24, 2.45) is 0 Å². The van der Waals surface area contributed by atoms with Gasteiger partial charge in [0, 0.05) is 26.2 Å². The Morgan fingerprint density at radius 3 is 2.63 bits per heavy atom. The Balaban J connectivity index is 1.90. The van der Waals surface area contributed by atoms with Gasteiger partial charge in [-0.05, 0) is 42.8 Å². The van der Waals surface area contributed by atoms with Crippen LogP contribution in [0.3, 0.4) is 0 Å². The van der Waals surface area contributed by atoms with E-state index >= 15 is 0 Å². The molecule has 2 aromatic rings. The van der Waals surface area contributed by atoms with Crippen molar-refractivity contribution in [1.29, 1.82) is 0 Å². The Morgan fingerprint density at radius 1 is 1.26 bits per heavy atom. The summed E-state index contributed by atoms with van der Waals surface area (Å²) in [6.07, 6.45) is 0.680. The predicted molar refractivity (Wildman–Crippen MR) is 108 cm³/mol. The van der Waals surface area contributed by atoms with Gasteiger partial charge in [0.25, 0.3) is 5.91 Å². The molecule has 0 saturated heterocycles. The monoisotopic (exact) mass is 404 g/mol. The van der Waals surface area contributed by atoms with E-state index in [-0.39, 0.29) is 15.7 Å². The fourth-order valence-corrected chi connectivity index (χ4v) is 6.05. The molecule has 1 aromatic carbocycles. The van der Waals surface area contributed by atoms with Gasteiger partial charge >= 0.3 is 0 Å². The van der Waals surface area contributed by atoms with Gasteiger partial charge in [0.15, 0.2) is 0 Å². The smallest absolute Gasteiger partial charge is 0.265 e. The standard InChI is InChI=1S/C20H24N2O3S2/c1-4-21(13-15(2)3)20(23)19-18(10-12-26-19)27(24,25)22-11-9-16-7-5-6-8-17(16)14-22/h5-8,10,12H,2,4,9,11,13-14H2,1,3H3. The largest absolute Gasteiger partial charge is 0.334 e. The summed E-state index contributed by atoms with van der Waals surface area (Å²) in [5.41, 5.74) is 3.07. The first-order chi connectivity index (χ1) is 12.8. The molecular formula is C20H24N2O3S2. The Bertz CT molecular complexity index is 963. The van der Waals surface area contributed by atoms with Crippen LogP contribution in [-0.2, 0) is 23.0 Å². The Hall–Kier alpha value is -1.96. The van der Waals surface area contributed by atoms with E-state index in [9.17, 15) is 13.2 Å². The van der Waals surface area contributed by atoms with Crippen LogP contribution in [0.25, 0.3) is 0 Å². The summed E-state index contributed by atoms with van der Waals surface area (Å²) in [6, 6.07) is 9.44. The lowest BCUT2D eigenvalue weighted by Gasteiger charge is -2.28. The number of likely N-dealkylation sites (N-methyl/N-ethyl adjacent to an activating group) is 1. The average Bonchev–Trinajstić information content (AvgIpc) is 3.15. The molecule has 0 aliphatic carbocycles. The summed E-state index contributed by atoms with van der Waals surface area (Å²) < 4.78 is 28.0. The summed E-state index contributed by atoms with van der Waals surface area (Å²) in [5.74, 6) is -0.258. The van der Waals surface area contributed by atoms with Crippen molar-refractivity contribution < 1.29 is 13.2 Å². The van der Waals surface area contributed by atoms with Crippen LogP contribution >= 0.6 is 11.3 Å². The number of hydrogen-bond acceptors (Lipinski definition) is 4. The number of thiophene rings is 1. The van der Waals surface area contributed by atoms with Gasteiger partial charge in [-0.3, -0.25) is 4.79 Å². The van der Waals surface area contributed by atoms with Crippen LogP contribution in [0.15, 0.2) is 52.8 Å². The first-order valence-electron chi connectivity index (χ1n) is 8.92. The van der Waals surface area contributed by atoms with Crippen molar-refractivity contribution in [2.45, 2.75) is 31.7 Å². The van der Waals surface area contributed by atoms with E-state index < -0.39 is 10.0 Å². The fraction of sp³-hybridized carbons (Fsp3) is 0.350. The number of hydrogen-bond donors (Lipinski definition) is 0. The number of amides is 1. The molecule has 0 saturated carbocycles. The molecule has 0 atom stereocenters. The van der Waals surface area contributed by atoms with Crippen LogP contribution in [0.5, 0.6) is 0 Å². The minimum Gasteiger partial charge on any atom is -0.334 e. The summed E-state index contributed by atoms with van der Waals surface area (Å²) in [4.78, 5) is 14.9. The molecule has 7 heteroatoms. The Labute approximate surface area is 165 Å². The third kappa shape index (κ3) is 4.00. The van der Waals surface area contributed by atoms with Crippen LogP contribution in [0, 0.1) is 0 Å². The lowest BCUT2D eigenvalue weighted by Crippen LogP contribution is -2.37. The third-order valence-corrected chi connectivity index (χ3v) is 7.59. The molecule has 2 heterocycles. The van der Waals surface area contributed by atoms with Crippen LogP contribution in [0.2, 0.25) is 0 Å². The molecular weight excluding hydrogens is 380 g/mol. The van der Waals surface area contributed by atoms with E-state index in [0.29, 0.717) is 32.6 Å². The lowest BCUT2D eigenvalue weighted by molar-refractivity contribution is 0.0779. The summed E-state index contributed by atoms with van der Waals surface area (Å²) in [5, 5.41) is 1.67. The van der Waals surface area contributed by atoms with E-state index in [1.807, 2.05) is 38.1 Å². The van der Waals surface area contributed by atoms with Crippen LogP contribution in [0.1, 0.15) is 34.6 Å². The van der Waals surface area contributed by atoms with Gasteiger partial charge in [-0.2, -0.15) is 4.31 Å². The van der Waals surface area contributed by atoms with Gasteiger partial charge in [0.2, 0.25) is 10.0 Å². The highest BCUT2D eigenvalue weighted by Gasteiger charge is 2.33. The fourth-order valence-electron chi connectivity index (χ4n) is 3.27. The number of benzene rings is 1. The van der Waals surface area contributed by atoms with Gasteiger partial charge in [0.05, 0.1) is 0 Å². The number of rotatable bonds is 6. The molecule has 5 nitrogen and oxygen atoms in total. The zero-order chi connectivity index (χ0) is 19.6. The van der Waals surface area contributed by atoms with Crippen LogP contribution in [0.4, 0.5) is 0 Å². The first kappa shape index (κ1) is 19.8. The molecule has 1 amide bonds. The highest BCUT2D eigenvalue weighted by molar-refractivity contribution is 7.89. The topological polar surface area (TPSA) is 57.7 Å². The lowest BCUT2D eigenvalue weighted by atomic mass is 10.0. The molecule has 1 aromatic heterocycles. The second-order valence-electron chi connectivity index (χ2n) is 6.75. The summed E-state index contributed by atoms with van der Waals surface area (Å²) >= 11 is 1.18. The predicted octanol–water partition coefficient (Wildman–Crippen LogP) is 3.53. The SMILES string of the molecule is C=C(C)CN(CC)C(=O)c1sccc1S(=O)(=O)N1CCc2ccccc2C1. The zero-order valence-electron chi connectivity index (χ0n) is 15.6. The minimum atomic E-state index is -3.73. The van der Waals surface area contributed by atoms with Crippen molar-refractivity contribution in [1.82, 2.24) is 9.21 Å². The molecule has 0 bridgehead atoms. The van der Waals surface area contributed by atoms with E-state index in [4.69, 9.17) is 0 Å². The molecule has 0 N–H and O–H groups in total. The number of carbonyl (C=O) groups is 1. The normalized spacial score (nSPS) is 14.6. The molecule has 144 valence electrons. The van der Waals surface area contributed by atoms with Gasteiger partial charge < -0.3 is 4.90 Å². The second-order valence-corrected chi connectivity index (χ2v) is 9.57. The Kier molecular flexibility index (Phi) is 5.83. The minimum absolute atomic E-state index is 0.108. The van der Waals surface area contributed by atoms with Crippen LogP contribution < -0.4 is 0 Å². The Morgan fingerprint density at radius 2 is 1.96 bits per heavy atom. The molecule has 27 heavy (non-hydrogen) atoms. The first-order valence-corrected chi connectivity index (χ1v) is 11.2.